The number of carbonyl (C=O) groups excluding carboxylic acids is 1. The number of hydrogen-bond acceptors (Lipinski definition) is 5. The van der Waals surface area contributed by atoms with Gasteiger partial charge in [-0.1, -0.05) is 79.1 Å². The van der Waals surface area contributed by atoms with Gasteiger partial charge in [0.1, 0.15) is 0 Å². The van der Waals surface area contributed by atoms with Gasteiger partial charge < -0.3 is 9.47 Å². The standard InChI is InChI=1S/C29H50O5/c1-20(2)12-9-13-21(3)14-10-15-22(4)16-11-18-26(6)19-17-24-23(5)25(30)27(7)28(8,33-27)29(24,32-26)34-31/h20-22,31H,9-19H2,1-8H3/t21-,22-,26-,27?,28?,29?/m1/s1. The van der Waals surface area contributed by atoms with E-state index in [9.17, 15) is 10.1 Å². The second-order valence-electron chi connectivity index (χ2n) is 12.7. The van der Waals surface area contributed by atoms with Crippen molar-refractivity contribution >= 4 is 5.78 Å². The third-order valence-electron chi connectivity index (χ3n) is 9.23. The van der Waals surface area contributed by atoms with Gasteiger partial charge in [0.15, 0.2) is 17.0 Å². The summed E-state index contributed by atoms with van der Waals surface area (Å²) in [4.78, 5) is 18.0. The van der Waals surface area contributed by atoms with E-state index < -0.39 is 22.6 Å². The lowest BCUT2D eigenvalue weighted by Gasteiger charge is -2.50. The van der Waals surface area contributed by atoms with Crippen molar-refractivity contribution in [2.45, 2.75) is 149 Å². The quantitative estimate of drug-likeness (QED) is 0.167. The van der Waals surface area contributed by atoms with Crippen molar-refractivity contribution in [2.24, 2.45) is 17.8 Å². The first-order valence-corrected chi connectivity index (χ1v) is 13.8. The van der Waals surface area contributed by atoms with Gasteiger partial charge in [0.25, 0.3) is 5.79 Å². The Hall–Kier alpha value is -0.750. The van der Waals surface area contributed by atoms with E-state index in [1.165, 1.54) is 44.9 Å². The highest BCUT2D eigenvalue weighted by Crippen LogP contribution is 2.65. The molecule has 2 aliphatic heterocycles. The number of ketones is 1. The highest BCUT2D eigenvalue weighted by atomic mass is 17.2. The zero-order valence-corrected chi connectivity index (χ0v) is 23.1. The van der Waals surface area contributed by atoms with Gasteiger partial charge in [0.2, 0.25) is 0 Å². The van der Waals surface area contributed by atoms with E-state index in [1.807, 2.05) is 6.92 Å². The largest absolute Gasteiger partial charge is 0.348 e. The monoisotopic (exact) mass is 478 g/mol. The van der Waals surface area contributed by atoms with Crippen LogP contribution in [0.4, 0.5) is 0 Å². The third kappa shape index (κ3) is 5.05. The summed E-state index contributed by atoms with van der Waals surface area (Å²) < 4.78 is 12.5. The van der Waals surface area contributed by atoms with E-state index in [4.69, 9.17) is 14.4 Å². The van der Waals surface area contributed by atoms with Gasteiger partial charge in [-0.15, -0.1) is 0 Å². The predicted molar refractivity (Wildman–Crippen MR) is 135 cm³/mol. The summed E-state index contributed by atoms with van der Waals surface area (Å²) in [5.41, 5.74) is -1.07. The van der Waals surface area contributed by atoms with Gasteiger partial charge >= 0.3 is 0 Å². The highest BCUT2D eigenvalue weighted by Gasteiger charge is 2.84. The highest BCUT2D eigenvalue weighted by molar-refractivity contribution is 6.07. The Morgan fingerprint density at radius 1 is 0.912 bits per heavy atom. The van der Waals surface area contributed by atoms with E-state index in [2.05, 4.69) is 34.6 Å². The summed E-state index contributed by atoms with van der Waals surface area (Å²) in [5, 5.41) is 10.1. The van der Waals surface area contributed by atoms with Crippen molar-refractivity contribution in [3.05, 3.63) is 11.1 Å². The van der Waals surface area contributed by atoms with Crippen LogP contribution < -0.4 is 0 Å². The van der Waals surface area contributed by atoms with Gasteiger partial charge in [0.05, 0.1) is 5.60 Å². The molecule has 3 rings (SSSR count). The molecule has 196 valence electrons. The molecule has 0 spiro atoms. The van der Waals surface area contributed by atoms with Crippen LogP contribution in [-0.2, 0) is 19.2 Å². The minimum atomic E-state index is -1.40. The third-order valence-corrected chi connectivity index (χ3v) is 9.23. The number of epoxide rings is 1. The minimum Gasteiger partial charge on any atom is -0.348 e. The molecule has 34 heavy (non-hydrogen) atoms. The number of carbonyl (C=O) groups is 1. The van der Waals surface area contributed by atoms with Crippen LogP contribution in [0, 0.1) is 17.8 Å². The average molecular weight is 479 g/mol. The smallest absolute Gasteiger partial charge is 0.257 e. The Morgan fingerprint density at radius 3 is 2.03 bits per heavy atom. The lowest BCUT2D eigenvalue weighted by molar-refractivity contribution is -0.432. The first-order chi connectivity index (χ1) is 15.8. The molecular weight excluding hydrogens is 428 g/mol. The number of rotatable bonds is 13. The Bertz CT molecular complexity index is 774. The fourth-order valence-corrected chi connectivity index (χ4v) is 6.49. The molecule has 0 saturated carbocycles. The Morgan fingerprint density at radius 2 is 1.47 bits per heavy atom. The molecule has 1 aliphatic carbocycles. The maximum absolute atomic E-state index is 12.8. The fourth-order valence-electron chi connectivity index (χ4n) is 6.49. The van der Waals surface area contributed by atoms with Gasteiger partial charge in [0, 0.05) is 5.57 Å². The Labute approximate surface area is 207 Å². The normalized spacial score (nSPS) is 36.9. The minimum absolute atomic E-state index is 0.0204. The molecule has 5 heteroatoms. The van der Waals surface area contributed by atoms with Crippen molar-refractivity contribution in [3.8, 4) is 0 Å². The van der Waals surface area contributed by atoms with Crippen LogP contribution in [0.1, 0.15) is 126 Å². The van der Waals surface area contributed by atoms with E-state index in [-0.39, 0.29) is 5.78 Å². The average Bonchev–Trinajstić information content (AvgIpc) is 3.36. The second kappa shape index (κ2) is 10.3. The van der Waals surface area contributed by atoms with Crippen LogP contribution in [0.5, 0.6) is 0 Å². The van der Waals surface area contributed by atoms with Gasteiger partial charge in [-0.3, -0.25) is 4.79 Å². The van der Waals surface area contributed by atoms with Crippen LogP contribution in [0.2, 0.25) is 0 Å². The van der Waals surface area contributed by atoms with E-state index >= 15 is 0 Å². The van der Waals surface area contributed by atoms with Gasteiger partial charge in [-0.05, 0) is 70.3 Å². The second-order valence-corrected chi connectivity index (χ2v) is 12.7. The van der Waals surface area contributed by atoms with Crippen LogP contribution in [0.3, 0.4) is 0 Å². The van der Waals surface area contributed by atoms with Crippen molar-refractivity contribution < 1.29 is 24.4 Å². The zero-order valence-electron chi connectivity index (χ0n) is 23.1. The predicted octanol–water partition coefficient (Wildman–Crippen LogP) is 7.63. The van der Waals surface area contributed by atoms with Crippen molar-refractivity contribution in [1.29, 1.82) is 0 Å². The first-order valence-electron chi connectivity index (χ1n) is 13.8. The molecule has 0 aromatic rings. The van der Waals surface area contributed by atoms with Crippen molar-refractivity contribution in [2.75, 3.05) is 0 Å². The Balaban J connectivity index is 1.48. The van der Waals surface area contributed by atoms with Crippen LogP contribution in [0.15, 0.2) is 11.1 Å². The molecule has 0 aromatic carbocycles. The molecule has 6 atom stereocenters. The number of ether oxygens (including phenoxy) is 2. The molecule has 1 N–H and O–H groups in total. The lowest BCUT2D eigenvalue weighted by atomic mass is 9.68. The van der Waals surface area contributed by atoms with Gasteiger partial charge in [-0.25, -0.2) is 5.26 Å². The van der Waals surface area contributed by atoms with Crippen LogP contribution in [0.25, 0.3) is 0 Å². The molecule has 2 saturated heterocycles. The van der Waals surface area contributed by atoms with E-state index in [1.54, 1.807) is 13.8 Å². The molecule has 0 bridgehead atoms. The molecule has 3 aliphatic rings. The summed E-state index contributed by atoms with van der Waals surface area (Å²) in [7, 11) is 0. The van der Waals surface area contributed by atoms with Crippen molar-refractivity contribution in [3.63, 3.8) is 0 Å². The Kier molecular flexibility index (Phi) is 8.45. The molecular formula is C29H50O5. The van der Waals surface area contributed by atoms with Gasteiger partial charge in [-0.2, -0.15) is 4.89 Å². The molecule has 0 radical (unpaired) electrons. The maximum atomic E-state index is 12.8. The lowest BCUT2D eigenvalue weighted by Crippen LogP contribution is -2.63. The van der Waals surface area contributed by atoms with E-state index in [0.29, 0.717) is 17.9 Å². The molecule has 3 unspecified atom stereocenters. The maximum Gasteiger partial charge on any atom is 0.257 e. The zero-order chi connectivity index (χ0) is 25.4. The summed E-state index contributed by atoms with van der Waals surface area (Å²) in [6.07, 6.45) is 12.7. The van der Waals surface area contributed by atoms with Crippen LogP contribution in [-0.4, -0.2) is 33.6 Å². The fraction of sp³-hybridized carbons (Fsp3) is 0.897. The van der Waals surface area contributed by atoms with Crippen LogP contribution >= 0.6 is 0 Å². The molecule has 2 fully saturated rings. The van der Waals surface area contributed by atoms with E-state index in [0.717, 1.165) is 36.7 Å². The topological polar surface area (TPSA) is 68.3 Å². The summed E-state index contributed by atoms with van der Waals surface area (Å²) >= 11 is 0. The number of fused-ring (bicyclic) bond motifs is 3. The SMILES string of the molecule is CC1=C2CC[C@@](C)(CCC[C@H](C)CCC[C@H](C)CCCC(C)C)OC2(OO)C2(C)OC2(C)C1=O. The summed E-state index contributed by atoms with van der Waals surface area (Å²) in [6, 6.07) is 0. The molecule has 2 heterocycles. The number of Topliss-reactive ketones (excluding diaryl/α,β-unsaturated/α-hetero) is 1. The summed E-state index contributed by atoms with van der Waals surface area (Å²) in [6.45, 7) is 16.9. The summed E-state index contributed by atoms with van der Waals surface area (Å²) in [5.74, 6) is 0.936. The first kappa shape index (κ1) is 27.8. The molecule has 0 aromatic heterocycles. The molecule has 5 nitrogen and oxygen atoms in total. The number of hydrogen-bond donors (Lipinski definition) is 1. The molecule has 0 amide bonds. The van der Waals surface area contributed by atoms with Crippen molar-refractivity contribution in [1.82, 2.24) is 0 Å².